The first-order valence-corrected chi connectivity index (χ1v) is 6.26. The van der Waals surface area contributed by atoms with E-state index in [0.29, 0.717) is 5.56 Å². The molecule has 98 valence electrons. The van der Waals surface area contributed by atoms with Crippen molar-refractivity contribution in [3.63, 3.8) is 0 Å². The minimum Gasteiger partial charge on any atom is -0.338 e. The van der Waals surface area contributed by atoms with Crippen molar-refractivity contribution in [2.24, 2.45) is 11.8 Å². The third-order valence-corrected chi connectivity index (χ3v) is 3.22. The van der Waals surface area contributed by atoms with Crippen LogP contribution in [0.4, 0.5) is 0 Å². The summed E-state index contributed by atoms with van der Waals surface area (Å²) in [7, 11) is 1.76. The van der Waals surface area contributed by atoms with Gasteiger partial charge in [-0.3, -0.25) is 4.79 Å². The van der Waals surface area contributed by atoms with E-state index in [9.17, 15) is 9.59 Å². The van der Waals surface area contributed by atoms with Gasteiger partial charge in [-0.15, -0.1) is 0 Å². The summed E-state index contributed by atoms with van der Waals surface area (Å²) in [5.41, 5.74) is 0.656. The van der Waals surface area contributed by atoms with Gasteiger partial charge in [-0.05, 0) is 18.1 Å². The summed E-state index contributed by atoms with van der Waals surface area (Å²) < 4.78 is 0. The Hall–Kier alpha value is -1.64. The molecule has 0 bridgehead atoms. The molecule has 0 saturated heterocycles. The molecule has 0 saturated carbocycles. The maximum absolute atomic E-state index is 12.3. The monoisotopic (exact) mass is 247 g/mol. The largest absolute Gasteiger partial charge is 0.338 e. The lowest BCUT2D eigenvalue weighted by atomic mass is 9.91. The van der Waals surface area contributed by atoms with Crippen LogP contribution < -0.4 is 0 Å². The highest BCUT2D eigenvalue weighted by molar-refractivity contribution is 5.94. The lowest BCUT2D eigenvalue weighted by molar-refractivity contribution is -0.112. The highest BCUT2D eigenvalue weighted by Gasteiger charge is 2.28. The van der Waals surface area contributed by atoms with Gasteiger partial charge in [-0.1, -0.05) is 39.0 Å². The highest BCUT2D eigenvalue weighted by Crippen LogP contribution is 2.19. The molecule has 1 rings (SSSR count). The molecular formula is C15H21NO2. The summed E-state index contributed by atoms with van der Waals surface area (Å²) >= 11 is 0. The van der Waals surface area contributed by atoms with Crippen molar-refractivity contribution in [3.8, 4) is 0 Å². The van der Waals surface area contributed by atoms with Gasteiger partial charge in [0, 0.05) is 24.6 Å². The van der Waals surface area contributed by atoms with Crippen LogP contribution in [-0.2, 0) is 4.79 Å². The molecule has 0 spiro atoms. The maximum Gasteiger partial charge on any atom is 0.253 e. The molecule has 2 atom stereocenters. The van der Waals surface area contributed by atoms with Crippen molar-refractivity contribution in [2.45, 2.75) is 26.8 Å². The van der Waals surface area contributed by atoms with Crippen LogP contribution >= 0.6 is 0 Å². The summed E-state index contributed by atoms with van der Waals surface area (Å²) in [6.45, 7) is 5.91. The number of carbonyl (C=O) groups excluding carboxylic acids is 2. The fraction of sp³-hybridized carbons (Fsp3) is 0.467. The molecule has 0 aromatic heterocycles. The standard InChI is InChI=1S/C15H21NO2/c1-11(2)14(12(3)10-17)16(4)15(18)13-8-6-5-7-9-13/h5-12,14H,1-4H3/t12-,14-/m1/s1. The second-order valence-corrected chi connectivity index (χ2v) is 5.01. The third kappa shape index (κ3) is 3.19. The van der Waals surface area contributed by atoms with Gasteiger partial charge in [0.25, 0.3) is 5.91 Å². The van der Waals surface area contributed by atoms with E-state index < -0.39 is 0 Å². The molecule has 18 heavy (non-hydrogen) atoms. The molecule has 3 heteroatoms. The molecule has 1 amide bonds. The van der Waals surface area contributed by atoms with Crippen LogP contribution in [0.15, 0.2) is 30.3 Å². The van der Waals surface area contributed by atoms with Crippen LogP contribution in [0.5, 0.6) is 0 Å². The molecule has 0 heterocycles. The lowest BCUT2D eigenvalue weighted by Crippen LogP contribution is -2.44. The van der Waals surface area contributed by atoms with E-state index in [1.807, 2.05) is 39.0 Å². The van der Waals surface area contributed by atoms with Crippen LogP contribution in [0, 0.1) is 11.8 Å². The molecule has 0 radical (unpaired) electrons. The molecular weight excluding hydrogens is 226 g/mol. The molecule has 0 aliphatic rings. The average Bonchev–Trinajstić information content (AvgIpc) is 2.38. The molecule has 0 fully saturated rings. The molecule has 0 aliphatic heterocycles. The van der Waals surface area contributed by atoms with E-state index >= 15 is 0 Å². The van der Waals surface area contributed by atoms with E-state index in [0.717, 1.165) is 6.29 Å². The first kappa shape index (κ1) is 14.4. The van der Waals surface area contributed by atoms with Crippen molar-refractivity contribution >= 4 is 12.2 Å². The normalized spacial score (nSPS) is 14.1. The van der Waals surface area contributed by atoms with Gasteiger partial charge in [0.05, 0.1) is 0 Å². The van der Waals surface area contributed by atoms with Gasteiger partial charge in [0.2, 0.25) is 0 Å². The topological polar surface area (TPSA) is 37.4 Å². The zero-order chi connectivity index (χ0) is 13.7. The summed E-state index contributed by atoms with van der Waals surface area (Å²) in [4.78, 5) is 25.0. The van der Waals surface area contributed by atoms with Crippen molar-refractivity contribution in [3.05, 3.63) is 35.9 Å². The fourth-order valence-electron chi connectivity index (χ4n) is 2.41. The SMILES string of the molecule is CC(C)[C@H]([C@H](C)C=O)N(C)C(=O)c1ccccc1. The first-order valence-electron chi connectivity index (χ1n) is 6.26. The van der Waals surface area contributed by atoms with Crippen LogP contribution in [0.3, 0.4) is 0 Å². The van der Waals surface area contributed by atoms with Gasteiger partial charge in [-0.2, -0.15) is 0 Å². The Labute approximate surface area is 109 Å². The Bertz CT molecular complexity index is 400. The zero-order valence-electron chi connectivity index (χ0n) is 11.5. The van der Waals surface area contributed by atoms with Gasteiger partial charge in [0.15, 0.2) is 0 Å². The van der Waals surface area contributed by atoms with E-state index in [2.05, 4.69) is 0 Å². The second-order valence-electron chi connectivity index (χ2n) is 5.01. The Kier molecular flexibility index (Phi) is 5.08. The number of amides is 1. The maximum atomic E-state index is 12.3. The van der Waals surface area contributed by atoms with Crippen molar-refractivity contribution < 1.29 is 9.59 Å². The minimum absolute atomic E-state index is 0.0389. The number of benzene rings is 1. The van der Waals surface area contributed by atoms with E-state index in [1.165, 1.54) is 0 Å². The van der Waals surface area contributed by atoms with E-state index in [1.54, 1.807) is 24.1 Å². The van der Waals surface area contributed by atoms with Gasteiger partial charge >= 0.3 is 0 Å². The number of rotatable bonds is 5. The quantitative estimate of drug-likeness (QED) is 0.750. The predicted octanol–water partition coefficient (Wildman–Crippen LogP) is 2.62. The Balaban J connectivity index is 2.93. The van der Waals surface area contributed by atoms with Crippen LogP contribution in [0.25, 0.3) is 0 Å². The first-order chi connectivity index (χ1) is 8.49. The summed E-state index contributed by atoms with van der Waals surface area (Å²) in [6.07, 6.45) is 0.916. The second kappa shape index (κ2) is 6.34. The lowest BCUT2D eigenvalue weighted by Gasteiger charge is -2.33. The average molecular weight is 247 g/mol. The van der Waals surface area contributed by atoms with E-state index in [4.69, 9.17) is 0 Å². The number of nitrogens with zero attached hydrogens (tertiary/aromatic N) is 1. The molecule has 1 aromatic rings. The molecule has 3 nitrogen and oxygen atoms in total. The van der Waals surface area contributed by atoms with Gasteiger partial charge < -0.3 is 9.69 Å². The Morgan fingerprint density at radius 1 is 1.17 bits per heavy atom. The summed E-state index contributed by atoms with van der Waals surface area (Å²) in [5, 5.41) is 0. The number of hydrogen-bond donors (Lipinski definition) is 0. The van der Waals surface area contributed by atoms with Crippen molar-refractivity contribution in [1.29, 1.82) is 0 Å². The third-order valence-electron chi connectivity index (χ3n) is 3.22. The molecule has 0 aliphatic carbocycles. The zero-order valence-corrected chi connectivity index (χ0v) is 11.5. The molecule has 0 N–H and O–H groups in total. The van der Waals surface area contributed by atoms with Gasteiger partial charge in [-0.25, -0.2) is 0 Å². The van der Waals surface area contributed by atoms with E-state index in [-0.39, 0.29) is 23.8 Å². The number of hydrogen-bond acceptors (Lipinski definition) is 2. The molecule has 0 unspecified atom stereocenters. The number of aldehydes is 1. The van der Waals surface area contributed by atoms with Crippen LogP contribution in [-0.4, -0.2) is 30.2 Å². The molecule has 1 aromatic carbocycles. The Morgan fingerprint density at radius 3 is 2.17 bits per heavy atom. The van der Waals surface area contributed by atoms with Crippen molar-refractivity contribution in [1.82, 2.24) is 4.90 Å². The van der Waals surface area contributed by atoms with Crippen molar-refractivity contribution in [2.75, 3.05) is 7.05 Å². The summed E-state index contributed by atoms with van der Waals surface area (Å²) in [6, 6.07) is 9.08. The Morgan fingerprint density at radius 2 is 1.72 bits per heavy atom. The highest BCUT2D eigenvalue weighted by atomic mass is 16.2. The fourth-order valence-corrected chi connectivity index (χ4v) is 2.41. The van der Waals surface area contributed by atoms with Crippen LogP contribution in [0.2, 0.25) is 0 Å². The number of carbonyl (C=O) groups is 2. The summed E-state index contributed by atoms with van der Waals surface area (Å²) in [5.74, 6) is 0.0357. The minimum atomic E-state index is -0.164. The predicted molar refractivity (Wildman–Crippen MR) is 72.4 cm³/mol. The van der Waals surface area contributed by atoms with Crippen LogP contribution in [0.1, 0.15) is 31.1 Å². The smallest absolute Gasteiger partial charge is 0.253 e. The van der Waals surface area contributed by atoms with Gasteiger partial charge in [0.1, 0.15) is 6.29 Å².